The van der Waals surface area contributed by atoms with E-state index in [0.29, 0.717) is 23.6 Å². The lowest BCUT2D eigenvalue weighted by Gasteiger charge is -2.20. The first-order valence-corrected chi connectivity index (χ1v) is 8.55. The van der Waals surface area contributed by atoms with Crippen LogP contribution in [-0.4, -0.2) is 33.8 Å². The fourth-order valence-electron chi connectivity index (χ4n) is 2.58. The molecule has 0 aliphatic carbocycles. The second-order valence-electron chi connectivity index (χ2n) is 7.05. The number of hydrogen-bond acceptors (Lipinski definition) is 7. The molecule has 0 radical (unpaired) electrons. The molecule has 0 amide bonds. The van der Waals surface area contributed by atoms with Crippen molar-refractivity contribution < 1.29 is 4.74 Å². The second kappa shape index (κ2) is 7.13. The van der Waals surface area contributed by atoms with Gasteiger partial charge in [-0.3, -0.25) is 0 Å². The largest absolute Gasteiger partial charge is 0.497 e. The zero-order valence-corrected chi connectivity index (χ0v) is 15.9. The topological polar surface area (TPSA) is 113 Å². The van der Waals surface area contributed by atoms with Crippen molar-refractivity contribution in [3.05, 3.63) is 41.6 Å². The van der Waals surface area contributed by atoms with Crippen LogP contribution in [0.2, 0.25) is 0 Å². The number of benzene rings is 1. The standard InChI is InChI=1S/C19H23N7O/c1-12-9-16(22-11-19(2,3)21)26-18(23-12)15(10-20)17(25-26)24-13-5-7-14(27-4)8-6-13/h5-9,22H,11,21H2,1-4H3,(H,24,25). The molecule has 140 valence electrons. The Morgan fingerprint density at radius 2 is 2.00 bits per heavy atom. The van der Waals surface area contributed by atoms with Crippen molar-refractivity contribution in [3.63, 3.8) is 0 Å². The molecule has 0 aliphatic rings. The Morgan fingerprint density at radius 1 is 1.30 bits per heavy atom. The summed E-state index contributed by atoms with van der Waals surface area (Å²) in [5, 5.41) is 20.7. The van der Waals surface area contributed by atoms with E-state index in [4.69, 9.17) is 10.5 Å². The quantitative estimate of drug-likeness (QED) is 0.615. The van der Waals surface area contributed by atoms with Gasteiger partial charge in [-0.2, -0.15) is 9.78 Å². The lowest BCUT2D eigenvalue weighted by molar-refractivity contribution is 0.415. The second-order valence-corrected chi connectivity index (χ2v) is 7.05. The van der Waals surface area contributed by atoms with E-state index >= 15 is 0 Å². The molecule has 0 unspecified atom stereocenters. The van der Waals surface area contributed by atoms with Gasteiger partial charge in [-0.25, -0.2) is 4.98 Å². The fraction of sp³-hybridized carbons (Fsp3) is 0.316. The molecule has 2 aromatic heterocycles. The van der Waals surface area contributed by atoms with Crippen molar-refractivity contribution in [2.75, 3.05) is 24.3 Å². The Labute approximate surface area is 158 Å². The maximum Gasteiger partial charge on any atom is 0.177 e. The number of rotatable bonds is 6. The van der Waals surface area contributed by atoms with Crippen molar-refractivity contribution in [1.29, 1.82) is 5.26 Å². The highest BCUT2D eigenvalue weighted by atomic mass is 16.5. The number of nitrogens with one attached hydrogen (secondary N) is 2. The van der Waals surface area contributed by atoms with Crippen LogP contribution in [0.4, 0.5) is 17.3 Å². The van der Waals surface area contributed by atoms with Crippen LogP contribution in [0.1, 0.15) is 25.1 Å². The molecule has 4 N–H and O–H groups in total. The molecule has 0 fully saturated rings. The number of aromatic nitrogens is 3. The first-order valence-electron chi connectivity index (χ1n) is 8.55. The summed E-state index contributed by atoms with van der Waals surface area (Å²) in [5.74, 6) is 1.93. The average Bonchev–Trinajstić information content (AvgIpc) is 2.96. The summed E-state index contributed by atoms with van der Waals surface area (Å²) in [6, 6.07) is 11.5. The van der Waals surface area contributed by atoms with E-state index in [1.54, 1.807) is 11.6 Å². The third kappa shape index (κ3) is 4.10. The lowest BCUT2D eigenvalue weighted by Crippen LogP contribution is -2.40. The first-order chi connectivity index (χ1) is 12.8. The molecule has 8 nitrogen and oxygen atoms in total. The molecule has 0 spiro atoms. The SMILES string of the molecule is COc1ccc(Nc2nn3c(NCC(C)(C)N)cc(C)nc3c2C#N)cc1. The zero-order chi connectivity index (χ0) is 19.6. The summed E-state index contributed by atoms with van der Waals surface area (Å²) in [4.78, 5) is 4.49. The summed E-state index contributed by atoms with van der Waals surface area (Å²) < 4.78 is 6.80. The molecule has 1 aromatic carbocycles. The van der Waals surface area contributed by atoms with E-state index in [2.05, 4.69) is 26.8 Å². The average molecular weight is 365 g/mol. The van der Waals surface area contributed by atoms with Gasteiger partial charge in [0.05, 0.1) is 7.11 Å². The molecule has 2 heterocycles. The van der Waals surface area contributed by atoms with Gasteiger partial charge in [0.25, 0.3) is 0 Å². The summed E-state index contributed by atoms with van der Waals surface area (Å²) in [6.45, 7) is 6.30. The highest BCUT2D eigenvalue weighted by Crippen LogP contribution is 2.26. The summed E-state index contributed by atoms with van der Waals surface area (Å²) >= 11 is 0. The predicted molar refractivity (Wildman–Crippen MR) is 105 cm³/mol. The maximum absolute atomic E-state index is 9.66. The molecule has 3 rings (SSSR count). The van der Waals surface area contributed by atoms with Crippen molar-refractivity contribution in [1.82, 2.24) is 14.6 Å². The van der Waals surface area contributed by atoms with Gasteiger partial charge in [0.15, 0.2) is 11.5 Å². The van der Waals surface area contributed by atoms with E-state index < -0.39 is 0 Å². The molecule has 0 bridgehead atoms. The van der Waals surface area contributed by atoms with Crippen molar-refractivity contribution >= 4 is 23.0 Å². The predicted octanol–water partition coefficient (Wildman–Crippen LogP) is 2.81. The highest BCUT2D eigenvalue weighted by molar-refractivity contribution is 5.73. The Kier molecular flexibility index (Phi) is 4.88. The summed E-state index contributed by atoms with van der Waals surface area (Å²) in [6.07, 6.45) is 0. The van der Waals surface area contributed by atoms with E-state index in [9.17, 15) is 5.26 Å². The van der Waals surface area contributed by atoms with E-state index in [0.717, 1.165) is 22.9 Å². The minimum atomic E-state index is -0.390. The van der Waals surface area contributed by atoms with E-state index in [1.807, 2.05) is 51.1 Å². The zero-order valence-electron chi connectivity index (χ0n) is 15.9. The molecule has 3 aromatic rings. The van der Waals surface area contributed by atoms with Crippen molar-refractivity contribution in [3.8, 4) is 11.8 Å². The van der Waals surface area contributed by atoms with Crippen LogP contribution >= 0.6 is 0 Å². The Morgan fingerprint density at radius 3 is 2.59 bits per heavy atom. The van der Waals surface area contributed by atoms with Gasteiger partial charge in [-0.15, -0.1) is 5.10 Å². The smallest absolute Gasteiger partial charge is 0.177 e. The molecule has 0 atom stereocenters. The van der Waals surface area contributed by atoms with Gasteiger partial charge >= 0.3 is 0 Å². The molecular weight excluding hydrogens is 342 g/mol. The van der Waals surface area contributed by atoms with Gasteiger partial charge in [0, 0.05) is 29.5 Å². The van der Waals surface area contributed by atoms with Crippen LogP contribution in [-0.2, 0) is 0 Å². The monoisotopic (exact) mass is 365 g/mol. The molecule has 0 aliphatic heterocycles. The molecule has 0 saturated heterocycles. The number of nitrogens with two attached hydrogens (primary N) is 1. The normalized spacial score (nSPS) is 11.3. The molecule has 27 heavy (non-hydrogen) atoms. The van der Waals surface area contributed by atoms with Crippen LogP contribution < -0.4 is 21.1 Å². The van der Waals surface area contributed by atoms with Gasteiger partial charge < -0.3 is 21.1 Å². The maximum atomic E-state index is 9.66. The Balaban J connectivity index is 2.01. The van der Waals surface area contributed by atoms with E-state index in [1.165, 1.54) is 0 Å². The minimum Gasteiger partial charge on any atom is -0.497 e. The highest BCUT2D eigenvalue weighted by Gasteiger charge is 2.18. The third-order valence-corrected chi connectivity index (χ3v) is 3.91. The van der Waals surface area contributed by atoms with Gasteiger partial charge in [0.1, 0.15) is 23.2 Å². The van der Waals surface area contributed by atoms with Gasteiger partial charge in [-0.05, 0) is 45.0 Å². The van der Waals surface area contributed by atoms with Crippen LogP contribution in [0, 0.1) is 18.3 Å². The van der Waals surface area contributed by atoms with Crippen LogP contribution in [0.5, 0.6) is 5.75 Å². The van der Waals surface area contributed by atoms with Crippen LogP contribution in [0.3, 0.4) is 0 Å². The van der Waals surface area contributed by atoms with Gasteiger partial charge in [0.2, 0.25) is 0 Å². The van der Waals surface area contributed by atoms with Crippen LogP contribution in [0.15, 0.2) is 30.3 Å². The number of methoxy groups -OCH3 is 1. The van der Waals surface area contributed by atoms with Crippen LogP contribution in [0.25, 0.3) is 5.65 Å². The number of aryl methyl sites for hydroxylation is 1. The van der Waals surface area contributed by atoms with E-state index in [-0.39, 0.29) is 5.54 Å². The number of nitrogens with zero attached hydrogens (tertiary/aromatic N) is 4. The number of anilines is 3. The van der Waals surface area contributed by atoms with Crippen molar-refractivity contribution in [2.45, 2.75) is 26.3 Å². The molecular formula is C19H23N7O. The van der Waals surface area contributed by atoms with Crippen molar-refractivity contribution in [2.24, 2.45) is 5.73 Å². The third-order valence-electron chi connectivity index (χ3n) is 3.91. The lowest BCUT2D eigenvalue weighted by atomic mass is 10.1. The summed E-state index contributed by atoms with van der Waals surface area (Å²) in [7, 11) is 1.61. The first kappa shape index (κ1) is 18.5. The minimum absolute atomic E-state index is 0.379. The fourth-order valence-corrected chi connectivity index (χ4v) is 2.58. The molecule has 0 saturated carbocycles. The Hall–Kier alpha value is -3.31. The number of hydrogen-bond donors (Lipinski definition) is 3. The number of nitriles is 1. The number of ether oxygens (including phenoxy) is 1. The van der Waals surface area contributed by atoms with Gasteiger partial charge in [-0.1, -0.05) is 0 Å². The summed E-state index contributed by atoms with van der Waals surface area (Å²) in [5.41, 5.74) is 8.13. The Bertz CT molecular complexity index is 994. The molecule has 8 heteroatoms. The number of fused-ring (bicyclic) bond motifs is 1.